The van der Waals surface area contributed by atoms with E-state index in [1.54, 1.807) is 24.3 Å². The predicted molar refractivity (Wildman–Crippen MR) is 89.5 cm³/mol. The Balaban J connectivity index is 1.86. The van der Waals surface area contributed by atoms with Crippen molar-refractivity contribution >= 4 is 29.3 Å². The number of benzene rings is 1. The van der Waals surface area contributed by atoms with Crippen LogP contribution in [0.3, 0.4) is 0 Å². The zero-order valence-electron chi connectivity index (χ0n) is 13.7. The third kappa shape index (κ3) is 4.77. The molecule has 2 rings (SSSR count). The topological polar surface area (TPSA) is 117 Å². The molecule has 8 nitrogen and oxygen atoms in total. The lowest BCUT2D eigenvalue weighted by atomic mass is 10.2. The molecular weight excluding hydrogens is 326 g/mol. The van der Waals surface area contributed by atoms with Crippen LogP contribution in [0.25, 0.3) is 0 Å². The lowest BCUT2D eigenvalue weighted by Gasteiger charge is -2.07. The fourth-order valence-electron chi connectivity index (χ4n) is 1.97. The van der Waals surface area contributed by atoms with Crippen LogP contribution in [0, 0.1) is 0 Å². The van der Waals surface area contributed by atoms with Gasteiger partial charge in [-0.3, -0.25) is 14.4 Å². The minimum Gasteiger partial charge on any atom is -0.451 e. The van der Waals surface area contributed by atoms with Gasteiger partial charge >= 0.3 is 5.97 Å². The van der Waals surface area contributed by atoms with Crippen LogP contribution < -0.4 is 10.6 Å². The summed E-state index contributed by atoms with van der Waals surface area (Å²) in [4.78, 5) is 48.8. The van der Waals surface area contributed by atoms with Gasteiger partial charge < -0.3 is 20.4 Å². The van der Waals surface area contributed by atoms with E-state index in [-0.39, 0.29) is 17.4 Å². The molecule has 1 heterocycles. The first-order chi connectivity index (χ1) is 11.9. The molecule has 8 heteroatoms. The number of esters is 1. The van der Waals surface area contributed by atoms with Gasteiger partial charge in [-0.1, -0.05) is 0 Å². The predicted octanol–water partition coefficient (Wildman–Crippen LogP) is 1.37. The van der Waals surface area contributed by atoms with Crippen LogP contribution in [0.2, 0.25) is 0 Å². The molecule has 2 amide bonds. The van der Waals surface area contributed by atoms with E-state index < -0.39 is 18.5 Å². The average molecular weight is 343 g/mol. The molecular formula is C17H17N3O5. The monoisotopic (exact) mass is 343 g/mol. The summed E-state index contributed by atoms with van der Waals surface area (Å²) >= 11 is 0. The molecule has 1 aromatic carbocycles. The smallest absolute Gasteiger partial charge is 0.355 e. The van der Waals surface area contributed by atoms with Gasteiger partial charge in [-0.2, -0.15) is 0 Å². The van der Waals surface area contributed by atoms with Gasteiger partial charge in [0.2, 0.25) is 0 Å². The van der Waals surface area contributed by atoms with Gasteiger partial charge in [-0.05, 0) is 37.3 Å². The lowest BCUT2D eigenvalue weighted by molar-refractivity contribution is -0.119. The lowest BCUT2D eigenvalue weighted by Crippen LogP contribution is -2.21. The molecule has 130 valence electrons. The summed E-state index contributed by atoms with van der Waals surface area (Å²) < 4.78 is 4.88. The fourth-order valence-corrected chi connectivity index (χ4v) is 1.97. The van der Waals surface area contributed by atoms with E-state index >= 15 is 0 Å². The Morgan fingerprint density at radius 1 is 1.08 bits per heavy atom. The van der Waals surface area contributed by atoms with Gasteiger partial charge in [-0.25, -0.2) is 4.79 Å². The molecule has 0 aliphatic rings. The number of nitrogens with one attached hydrogen (secondary N) is 3. The molecule has 0 spiro atoms. The Morgan fingerprint density at radius 2 is 1.76 bits per heavy atom. The molecule has 25 heavy (non-hydrogen) atoms. The van der Waals surface area contributed by atoms with Crippen molar-refractivity contribution in [1.29, 1.82) is 0 Å². The van der Waals surface area contributed by atoms with Gasteiger partial charge in [0, 0.05) is 30.1 Å². The van der Waals surface area contributed by atoms with Gasteiger partial charge in [0.1, 0.15) is 5.69 Å². The van der Waals surface area contributed by atoms with Crippen molar-refractivity contribution in [1.82, 2.24) is 10.3 Å². The number of hydrogen-bond acceptors (Lipinski definition) is 5. The largest absolute Gasteiger partial charge is 0.451 e. The highest BCUT2D eigenvalue weighted by molar-refractivity contribution is 5.99. The zero-order valence-corrected chi connectivity index (χ0v) is 13.7. The number of rotatable bonds is 6. The van der Waals surface area contributed by atoms with Crippen LogP contribution in [0.5, 0.6) is 0 Å². The highest BCUT2D eigenvalue weighted by Gasteiger charge is 2.14. The van der Waals surface area contributed by atoms with Crippen LogP contribution in [0.4, 0.5) is 5.69 Å². The van der Waals surface area contributed by atoms with E-state index in [1.165, 1.54) is 26.2 Å². The number of amides is 2. The van der Waals surface area contributed by atoms with Crippen molar-refractivity contribution in [2.45, 2.75) is 6.92 Å². The third-order valence-corrected chi connectivity index (χ3v) is 3.30. The van der Waals surface area contributed by atoms with E-state index in [0.717, 1.165) is 0 Å². The van der Waals surface area contributed by atoms with Crippen LogP contribution >= 0.6 is 0 Å². The molecule has 0 saturated heterocycles. The normalized spacial score (nSPS) is 10.0. The van der Waals surface area contributed by atoms with Crippen molar-refractivity contribution in [2.24, 2.45) is 0 Å². The number of ether oxygens (including phenoxy) is 1. The number of aromatic nitrogens is 1. The van der Waals surface area contributed by atoms with Crippen molar-refractivity contribution in [3.05, 3.63) is 53.3 Å². The summed E-state index contributed by atoms with van der Waals surface area (Å²) in [5.41, 5.74) is 1.37. The standard InChI is InChI=1S/C17H17N3O5/c1-10(21)12-7-14(19-8-12)17(24)25-9-15(22)20-13-5-3-11(4-6-13)16(23)18-2/h3-8,19H,9H2,1-2H3,(H,18,23)(H,20,22). The van der Waals surface area contributed by atoms with Gasteiger partial charge in [0.15, 0.2) is 12.4 Å². The van der Waals surface area contributed by atoms with Crippen LogP contribution in [0.15, 0.2) is 36.5 Å². The van der Waals surface area contributed by atoms with Gasteiger partial charge in [0.05, 0.1) is 0 Å². The maximum atomic E-state index is 11.8. The average Bonchev–Trinajstić information content (AvgIpc) is 3.10. The van der Waals surface area contributed by atoms with E-state index in [2.05, 4.69) is 15.6 Å². The summed E-state index contributed by atoms with van der Waals surface area (Å²) in [6.07, 6.45) is 1.40. The highest BCUT2D eigenvalue weighted by Crippen LogP contribution is 2.10. The SMILES string of the molecule is CNC(=O)c1ccc(NC(=O)COC(=O)c2cc(C(C)=O)c[nH]2)cc1. The molecule has 0 aliphatic heterocycles. The molecule has 2 aromatic rings. The second-order valence-electron chi connectivity index (χ2n) is 5.14. The number of anilines is 1. The zero-order chi connectivity index (χ0) is 18.4. The van der Waals surface area contributed by atoms with Crippen LogP contribution in [-0.4, -0.2) is 42.2 Å². The Hall–Kier alpha value is -3.42. The van der Waals surface area contributed by atoms with E-state index in [1.807, 2.05) is 0 Å². The maximum Gasteiger partial charge on any atom is 0.355 e. The number of aromatic amines is 1. The Kier molecular flexibility index (Phi) is 5.67. The third-order valence-electron chi connectivity index (χ3n) is 3.30. The first-order valence-corrected chi connectivity index (χ1v) is 7.39. The summed E-state index contributed by atoms with van der Waals surface area (Å²) in [5.74, 6) is -1.69. The molecule has 1 aromatic heterocycles. The molecule has 0 bridgehead atoms. The summed E-state index contributed by atoms with van der Waals surface area (Å²) in [5, 5.41) is 5.03. The van der Waals surface area contributed by atoms with E-state index in [0.29, 0.717) is 16.8 Å². The van der Waals surface area contributed by atoms with E-state index in [4.69, 9.17) is 4.74 Å². The number of carbonyl (C=O) groups is 4. The number of Topliss-reactive ketones (excluding diaryl/α,β-unsaturated/α-hetero) is 1. The molecule has 0 saturated carbocycles. The first kappa shape index (κ1) is 17.9. The molecule has 0 radical (unpaired) electrons. The molecule has 0 fully saturated rings. The number of H-pyrrole nitrogens is 1. The maximum absolute atomic E-state index is 11.8. The van der Waals surface area contributed by atoms with Crippen LogP contribution in [-0.2, 0) is 9.53 Å². The number of carbonyl (C=O) groups excluding carboxylic acids is 4. The van der Waals surface area contributed by atoms with Gasteiger partial charge in [-0.15, -0.1) is 0 Å². The Morgan fingerprint density at radius 3 is 2.32 bits per heavy atom. The Bertz CT molecular complexity index is 808. The quantitative estimate of drug-likeness (QED) is 0.541. The second kappa shape index (κ2) is 7.91. The minimum absolute atomic E-state index is 0.0907. The summed E-state index contributed by atoms with van der Waals surface area (Å²) in [6, 6.07) is 7.61. The molecule has 0 unspecified atom stereocenters. The van der Waals surface area contributed by atoms with Crippen molar-refractivity contribution in [3.63, 3.8) is 0 Å². The summed E-state index contributed by atoms with van der Waals surface area (Å²) in [6.45, 7) is 0.894. The first-order valence-electron chi connectivity index (χ1n) is 7.39. The number of hydrogen-bond donors (Lipinski definition) is 3. The van der Waals surface area contributed by atoms with Crippen LogP contribution in [0.1, 0.15) is 38.1 Å². The van der Waals surface area contributed by atoms with E-state index in [9.17, 15) is 19.2 Å². The molecule has 0 aliphatic carbocycles. The number of ketones is 1. The minimum atomic E-state index is -0.738. The molecule has 0 atom stereocenters. The van der Waals surface area contributed by atoms with Crippen molar-refractivity contribution in [2.75, 3.05) is 19.0 Å². The highest BCUT2D eigenvalue weighted by atomic mass is 16.5. The van der Waals surface area contributed by atoms with Crippen molar-refractivity contribution < 1.29 is 23.9 Å². The fraction of sp³-hybridized carbons (Fsp3) is 0.176. The summed E-state index contributed by atoms with van der Waals surface area (Å²) in [7, 11) is 1.52. The molecule has 3 N–H and O–H groups in total. The Labute approximate surface area is 143 Å². The van der Waals surface area contributed by atoms with Gasteiger partial charge in [0.25, 0.3) is 11.8 Å². The van der Waals surface area contributed by atoms with Crippen molar-refractivity contribution in [3.8, 4) is 0 Å². The second-order valence-corrected chi connectivity index (χ2v) is 5.14.